The van der Waals surface area contributed by atoms with Crippen molar-refractivity contribution >= 4 is 17.4 Å². The topological polar surface area (TPSA) is 157 Å². The number of para-hydroxylation sites is 1. The Morgan fingerprint density at radius 1 is 1.33 bits per heavy atom. The normalized spacial score (nSPS) is 11.8. The fraction of sp³-hybridized carbons (Fsp3) is 0.250. The van der Waals surface area contributed by atoms with Gasteiger partial charge in [-0.15, -0.1) is 5.10 Å². The van der Waals surface area contributed by atoms with Gasteiger partial charge in [-0.25, -0.2) is 10.1 Å². The molecule has 2 heterocycles. The molecule has 0 saturated carbocycles. The van der Waals surface area contributed by atoms with E-state index in [1.807, 2.05) is 13.8 Å². The van der Waals surface area contributed by atoms with Crippen LogP contribution in [0.3, 0.4) is 0 Å². The summed E-state index contributed by atoms with van der Waals surface area (Å²) in [6.07, 6.45) is 0. The van der Waals surface area contributed by atoms with Crippen LogP contribution in [0.2, 0.25) is 0 Å². The van der Waals surface area contributed by atoms with Crippen LogP contribution in [0.5, 0.6) is 5.75 Å². The molecule has 2 aromatic heterocycles. The van der Waals surface area contributed by atoms with Crippen LogP contribution < -0.4 is 11.2 Å². The summed E-state index contributed by atoms with van der Waals surface area (Å²) in [5, 5.41) is 28.9. The molecule has 0 bridgehead atoms. The molecule has 1 amide bonds. The first-order chi connectivity index (χ1) is 12.9. The number of carbonyl (C=O) groups excluding carboxylic acids is 1. The molecule has 3 aromatic rings. The highest BCUT2D eigenvalue weighted by molar-refractivity contribution is 6.02. The van der Waals surface area contributed by atoms with Gasteiger partial charge < -0.3 is 10.8 Å². The zero-order chi connectivity index (χ0) is 19.6. The molecule has 0 unspecified atom stereocenters. The minimum absolute atomic E-state index is 0.0298. The van der Waals surface area contributed by atoms with E-state index in [2.05, 4.69) is 35.8 Å². The fourth-order valence-corrected chi connectivity index (χ4v) is 2.49. The summed E-state index contributed by atoms with van der Waals surface area (Å²) in [4.78, 5) is 12.6. The molecule has 0 spiro atoms. The number of nitrogens with two attached hydrogens (primary N) is 1. The van der Waals surface area contributed by atoms with Crippen molar-refractivity contribution in [1.29, 1.82) is 0 Å². The Morgan fingerprint density at radius 3 is 2.70 bits per heavy atom. The van der Waals surface area contributed by atoms with E-state index >= 15 is 0 Å². The van der Waals surface area contributed by atoms with Gasteiger partial charge >= 0.3 is 0 Å². The molecule has 0 radical (unpaired) electrons. The van der Waals surface area contributed by atoms with Crippen molar-refractivity contribution < 1.29 is 14.5 Å². The molecule has 3 rings (SSSR count). The average molecular weight is 370 g/mol. The van der Waals surface area contributed by atoms with E-state index in [4.69, 9.17) is 5.73 Å². The van der Waals surface area contributed by atoms with Crippen LogP contribution in [-0.2, 0) is 0 Å². The Kier molecular flexibility index (Phi) is 4.83. The number of carbonyl (C=O) groups is 1. The SMILES string of the molecule is C/C(=N\NC(=O)c1nnn(-c2nonc2N)c1C(C)C)c1ccccc1O. The number of aromatic nitrogens is 5. The summed E-state index contributed by atoms with van der Waals surface area (Å²) in [7, 11) is 0. The van der Waals surface area contributed by atoms with Gasteiger partial charge in [-0.05, 0) is 35.3 Å². The highest BCUT2D eigenvalue weighted by atomic mass is 16.6. The summed E-state index contributed by atoms with van der Waals surface area (Å²) >= 11 is 0. The first kappa shape index (κ1) is 18.0. The smallest absolute Gasteiger partial charge is 0.293 e. The fourth-order valence-electron chi connectivity index (χ4n) is 2.49. The maximum absolute atomic E-state index is 12.6. The maximum atomic E-state index is 12.6. The van der Waals surface area contributed by atoms with Crippen LogP contribution in [0.15, 0.2) is 34.0 Å². The predicted octanol–water partition coefficient (Wildman–Crippen LogP) is 1.22. The molecule has 4 N–H and O–H groups in total. The number of amides is 1. The maximum Gasteiger partial charge on any atom is 0.293 e. The van der Waals surface area contributed by atoms with E-state index < -0.39 is 5.91 Å². The number of nitrogens with zero attached hydrogens (tertiary/aromatic N) is 6. The third-order valence-corrected chi connectivity index (χ3v) is 3.78. The number of rotatable bonds is 5. The van der Waals surface area contributed by atoms with Crippen molar-refractivity contribution in [3.05, 3.63) is 41.2 Å². The van der Waals surface area contributed by atoms with Crippen molar-refractivity contribution in [3.8, 4) is 11.6 Å². The van der Waals surface area contributed by atoms with Gasteiger partial charge in [0.15, 0.2) is 5.69 Å². The zero-order valence-electron chi connectivity index (χ0n) is 14.9. The number of benzene rings is 1. The van der Waals surface area contributed by atoms with Crippen molar-refractivity contribution in [2.45, 2.75) is 26.7 Å². The molecular formula is C16H18N8O3. The highest BCUT2D eigenvalue weighted by Crippen LogP contribution is 2.22. The summed E-state index contributed by atoms with van der Waals surface area (Å²) in [5.41, 5.74) is 9.62. The number of phenols is 1. The molecule has 0 aliphatic carbocycles. The van der Waals surface area contributed by atoms with Crippen molar-refractivity contribution in [2.24, 2.45) is 5.10 Å². The van der Waals surface area contributed by atoms with Gasteiger partial charge in [0.2, 0.25) is 11.6 Å². The number of hydrogen-bond acceptors (Lipinski definition) is 9. The molecule has 0 fully saturated rings. The van der Waals surface area contributed by atoms with Crippen molar-refractivity contribution in [2.75, 3.05) is 5.73 Å². The van der Waals surface area contributed by atoms with E-state index in [9.17, 15) is 9.90 Å². The number of nitrogen functional groups attached to an aromatic ring is 1. The second kappa shape index (κ2) is 7.23. The van der Waals surface area contributed by atoms with Crippen LogP contribution >= 0.6 is 0 Å². The van der Waals surface area contributed by atoms with Gasteiger partial charge in [0.1, 0.15) is 5.75 Å². The Morgan fingerprint density at radius 2 is 2.07 bits per heavy atom. The lowest BCUT2D eigenvalue weighted by Crippen LogP contribution is -2.22. The summed E-state index contributed by atoms with van der Waals surface area (Å²) in [5.74, 6) is -0.438. The Bertz CT molecular complexity index is 1000. The van der Waals surface area contributed by atoms with Gasteiger partial charge in [0.25, 0.3) is 5.91 Å². The first-order valence-electron chi connectivity index (χ1n) is 8.07. The number of anilines is 1. The largest absolute Gasteiger partial charge is 0.507 e. The van der Waals surface area contributed by atoms with E-state index in [0.29, 0.717) is 17.0 Å². The standard InChI is InChI=1S/C16H18N8O3/c1-8(2)13-12(19-23-24(13)15-14(17)21-27-22-15)16(26)20-18-9(3)10-6-4-5-7-11(10)25/h4-8,25H,1-3H3,(H2,17,21)(H,20,26)/b18-9+. The van der Waals surface area contributed by atoms with E-state index in [-0.39, 0.29) is 29.0 Å². The third kappa shape index (κ3) is 3.47. The molecule has 1 aromatic carbocycles. The second-order valence-electron chi connectivity index (χ2n) is 6.02. The molecule has 140 valence electrons. The minimum Gasteiger partial charge on any atom is -0.507 e. The van der Waals surface area contributed by atoms with Crippen molar-refractivity contribution in [1.82, 2.24) is 30.7 Å². The number of nitrogens with one attached hydrogen (secondary N) is 1. The monoisotopic (exact) mass is 370 g/mol. The summed E-state index contributed by atoms with van der Waals surface area (Å²) < 4.78 is 5.89. The van der Waals surface area contributed by atoms with Crippen LogP contribution in [0, 0.1) is 0 Å². The molecule has 11 nitrogen and oxygen atoms in total. The number of aromatic hydroxyl groups is 1. The average Bonchev–Trinajstić information content (AvgIpc) is 3.25. The molecule has 27 heavy (non-hydrogen) atoms. The van der Waals surface area contributed by atoms with E-state index in [1.165, 1.54) is 10.7 Å². The van der Waals surface area contributed by atoms with Gasteiger partial charge in [-0.1, -0.05) is 31.2 Å². The predicted molar refractivity (Wildman–Crippen MR) is 95.5 cm³/mol. The van der Waals surface area contributed by atoms with Crippen LogP contribution in [0.25, 0.3) is 5.82 Å². The Labute approximate surface area is 153 Å². The highest BCUT2D eigenvalue weighted by Gasteiger charge is 2.25. The van der Waals surface area contributed by atoms with Gasteiger partial charge in [-0.2, -0.15) is 9.78 Å². The molecule has 0 atom stereocenters. The van der Waals surface area contributed by atoms with E-state index in [0.717, 1.165) is 0 Å². The van der Waals surface area contributed by atoms with Crippen LogP contribution in [0.1, 0.15) is 48.4 Å². The van der Waals surface area contributed by atoms with E-state index in [1.54, 1.807) is 25.1 Å². The van der Waals surface area contributed by atoms with Gasteiger partial charge in [0.05, 0.1) is 11.4 Å². The minimum atomic E-state index is -0.560. The second-order valence-corrected chi connectivity index (χ2v) is 6.02. The third-order valence-electron chi connectivity index (χ3n) is 3.78. The first-order valence-corrected chi connectivity index (χ1v) is 8.07. The number of hydrazone groups is 1. The molecule has 11 heteroatoms. The van der Waals surface area contributed by atoms with Crippen molar-refractivity contribution in [3.63, 3.8) is 0 Å². The van der Waals surface area contributed by atoms with Crippen LogP contribution in [-0.4, -0.2) is 42.0 Å². The number of phenolic OH excluding ortho intramolecular Hbond substituents is 1. The lowest BCUT2D eigenvalue weighted by atomic mass is 10.1. The Hall–Kier alpha value is -3.76. The summed E-state index contributed by atoms with van der Waals surface area (Å²) in [6.45, 7) is 5.40. The summed E-state index contributed by atoms with van der Waals surface area (Å²) in [6, 6.07) is 6.68. The van der Waals surface area contributed by atoms with Gasteiger partial charge in [-0.3, -0.25) is 4.79 Å². The molecule has 0 aliphatic rings. The molecular weight excluding hydrogens is 352 g/mol. The Balaban J connectivity index is 1.89. The van der Waals surface area contributed by atoms with Crippen LogP contribution in [0.4, 0.5) is 5.82 Å². The zero-order valence-corrected chi connectivity index (χ0v) is 14.9. The molecule has 0 saturated heterocycles. The quantitative estimate of drug-likeness (QED) is 0.447. The number of hydrogen-bond donors (Lipinski definition) is 3. The van der Waals surface area contributed by atoms with Gasteiger partial charge in [0, 0.05) is 5.56 Å². The lowest BCUT2D eigenvalue weighted by Gasteiger charge is -2.08. The molecule has 0 aliphatic heterocycles. The lowest BCUT2D eigenvalue weighted by molar-refractivity contribution is 0.0948.